The predicted octanol–water partition coefficient (Wildman–Crippen LogP) is 6.58. The van der Waals surface area contributed by atoms with E-state index in [0.717, 1.165) is 61.2 Å². The summed E-state index contributed by atoms with van der Waals surface area (Å²) in [4.78, 5) is 7.15. The highest BCUT2D eigenvalue weighted by molar-refractivity contribution is 7.12. The van der Waals surface area contributed by atoms with E-state index in [1.165, 1.54) is 60.0 Å². The van der Waals surface area contributed by atoms with Crippen molar-refractivity contribution in [2.75, 3.05) is 45.2 Å². The third-order valence-corrected chi connectivity index (χ3v) is 8.25. The number of hydrogen-bond donors (Lipinski definition) is 1. The van der Waals surface area contributed by atoms with E-state index >= 15 is 0 Å². The molecule has 2 saturated heterocycles. The van der Waals surface area contributed by atoms with Crippen molar-refractivity contribution in [3.63, 3.8) is 0 Å². The first-order valence-electron chi connectivity index (χ1n) is 13.1. The SMILES string of the molecule is CNC.Cc1c(N2CCCCC2)ccc2c(CCC3CCN(Cc4ccc(C#N)s4)CC3)noc12.Cl.Cl. The van der Waals surface area contributed by atoms with Crippen LogP contribution in [-0.2, 0) is 13.0 Å². The number of anilines is 1. The highest BCUT2D eigenvalue weighted by Crippen LogP contribution is 2.33. The topological polar surface area (TPSA) is 68.3 Å². The van der Waals surface area contributed by atoms with Crippen LogP contribution < -0.4 is 10.2 Å². The lowest BCUT2D eigenvalue weighted by atomic mass is 9.91. The van der Waals surface area contributed by atoms with Crippen molar-refractivity contribution in [3.05, 3.63) is 45.3 Å². The molecule has 2 aliphatic rings. The van der Waals surface area contributed by atoms with Crippen LogP contribution in [0, 0.1) is 24.2 Å². The first kappa shape index (κ1) is 31.4. The van der Waals surface area contributed by atoms with Gasteiger partial charge in [-0.25, -0.2) is 0 Å². The van der Waals surface area contributed by atoms with E-state index in [0.29, 0.717) is 0 Å². The fraction of sp³-hybridized carbons (Fsp3) is 0.571. The van der Waals surface area contributed by atoms with Crippen LogP contribution >= 0.6 is 36.2 Å². The summed E-state index contributed by atoms with van der Waals surface area (Å²) in [7, 11) is 3.75. The number of likely N-dealkylation sites (tertiary alicyclic amines) is 1. The van der Waals surface area contributed by atoms with Crippen molar-refractivity contribution in [3.8, 4) is 6.07 Å². The van der Waals surface area contributed by atoms with Gasteiger partial charge in [0, 0.05) is 41.1 Å². The maximum atomic E-state index is 9.02. The number of nitrogens with one attached hydrogen (secondary N) is 1. The number of piperidine rings is 2. The molecule has 0 aliphatic carbocycles. The summed E-state index contributed by atoms with van der Waals surface area (Å²) >= 11 is 1.62. The third-order valence-electron chi connectivity index (χ3n) is 7.28. The maximum absolute atomic E-state index is 9.02. The molecule has 9 heteroatoms. The highest BCUT2D eigenvalue weighted by Gasteiger charge is 2.22. The monoisotopic (exact) mass is 565 g/mol. The maximum Gasteiger partial charge on any atom is 0.172 e. The summed E-state index contributed by atoms with van der Waals surface area (Å²) in [6.07, 6.45) is 8.57. The summed E-state index contributed by atoms with van der Waals surface area (Å²) in [5.41, 5.74) is 4.66. The van der Waals surface area contributed by atoms with Gasteiger partial charge in [-0.2, -0.15) is 5.26 Å². The number of hydrogen-bond acceptors (Lipinski definition) is 7. The summed E-state index contributed by atoms with van der Waals surface area (Å²) in [5.74, 6) is 0.754. The third kappa shape index (κ3) is 8.08. The highest BCUT2D eigenvalue weighted by atomic mass is 35.5. The lowest BCUT2D eigenvalue weighted by Gasteiger charge is -2.31. The molecule has 2 aliphatic heterocycles. The van der Waals surface area contributed by atoms with Crippen LogP contribution in [0.3, 0.4) is 0 Å². The summed E-state index contributed by atoms with van der Waals surface area (Å²) in [6, 6.07) is 10.8. The molecule has 2 fully saturated rings. The minimum atomic E-state index is 0. The van der Waals surface area contributed by atoms with Gasteiger partial charge in [-0.15, -0.1) is 36.2 Å². The first-order chi connectivity index (χ1) is 17.1. The average molecular weight is 567 g/mol. The summed E-state index contributed by atoms with van der Waals surface area (Å²) in [6.45, 7) is 7.75. The Morgan fingerprint density at radius 3 is 2.41 bits per heavy atom. The van der Waals surface area contributed by atoms with Crippen LogP contribution in [0.1, 0.15) is 59.5 Å². The molecule has 0 spiro atoms. The van der Waals surface area contributed by atoms with Gasteiger partial charge in [-0.3, -0.25) is 4.90 Å². The number of halogens is 2. The number of thiophene rings is 1. The molecule has 0 amide bonds. The quantitative estimate of drug-likeness (QED) is 0.364. The van der Waals surface area contributed by atoms with Crippen molar-refractivity contribution >= 4 is 52.8 Å². The van der Waals surface area contributed by atoms with Gasteiger partial charge in [0.1, 0.15) is 10.9 Å². The smallest absolute Gasteiger partial charge is 0.172 e. The van der Waals surface area contributed by atoms with Gasteiger partial charge in [0.15, 0.2) is 5.58 Å². The molecule has 6 nitrogen and oxygen atoms in total. The second-order valence-electron chi connectivity index (χ2n) is 9.90. The minimum Gasteiger partial charge on any atom is -0.371 e. The van der Waals surface area contributed by atoms with E-state index in [2.05, 4.69) is 51.5 Å². The Bertz CT molecular complexity index is 1130. The van der Waals surface area contributed by atoms with Crippen LogP contribution in [0.15, 0.2) is 28.8 Å². The van der Waals surface area contributed by atoms with Crippen molar-refractivity contribution in [1.82, 2.24) is 15.4 Å². The first-order valence-corrected chi connectivity index (χ1v) is 13.9. The number of nitriles is 1. The van der Waals surface area contributed by atoms with Crippen molar-refractivity contribution in [1.29, 1.82) is 5.26 Å². The average Bonchev–Trinajstić information content (AvgIpc) is 3.52. The molecular formula is C28H41Cl2N5OS. The molecule has 0 saturated carbocycles. The van der Waals surface area contributed by atoms with Crippen molar-refractivity contribution in [2.24, 2.45) is 5.92 Å². The second kappa shape index (κ2) is 15.6. The fourth-order valence-corrected chi connectivity index (χ4v) is 6.20. The molecule has 204 valence electrons. The van der Waals surface area contributed by atoms with Crippen LogP contribution in [0.5, 0.6) is 0 Å². The fourth-order valence-electron chi connectivity index (χ4n) is 5.35. The minimum absolute atomic E-state index is 0. The molecule has 1 N–H and O–H groups in total. The largest absolute Gasteiger partial charge is 0.371 e. The molecule has 0 bridgehead atoms. The molecule has 2 aromatic heterocycles. The molecule has 0 unspecified atom stereocenters. The Hall–Kier alpha value is -1.82. The van der Waals surface area contributed by atoms with Gasteiger partial charge in [0.2, 0.25) is 0 Å². The van der Waals surface area contributed by atoms with Crippen molar-refractivity contribution in [2.45, 2.75) is 58.4 Å². The predicted molar refractivity (Wildman–Crippen MR) is 160 cm³/mol. The molecule has 0 radical (unpaired) electrons. The lowest BCUT2D eigenvalue weighted by molar-refractivity contribution is 0.173. The van der Waals surface area contributed by atoms with E-state index in [-0.39, 0.29) is 24.8 Å². The zero-order valence-electron chi connectivity index (χ0n) is 22.3. The zero-order valence-corrected chi connectivity index (χ0v) is 24.7. The van der Waals surface area contributed by atoms with Crippen molar-refractivity contribution < 1.29 is 4.52 Å². The molecule has 5 rings (SSSR count). The van der Waals surface area contributed by atoms with Crippen LogP contribution in [-0.4, -0.2) is 50.3 Å². The van der Waals surface area contributed by atoms with E-state index in [9.17, 15) is 0 Å². The Kier molecular flexibility index (Phi) is 13.2. The number of aryl methyl sites for hydroxylation is 2. The number of nitrogens with zero attached hydrogens (tertiary/aromatic N) is 4. The van der Waals surface area contributed by atoms with Crippen LogP contribution in [0.25, 0.3) is 11.0 Å². The Morgan fingerprint density at radius 2 is 1.76 bits per heavy atom. The Labute approximate surface area is 238 Å². The standard InChI is InChI=1S/C26H32N4OS.C2H7N.2ClH/c1-19-25(30-13-3-2-4-14-30)10-8-23-24(28-31-26(19)23)9-5-20-11-15-29(16-12-20)18-22-7-6-21(17-27)32-22;1-3-2;;/h6-8,10,20H,2-5,9,11-16,18H2,1H3;3H,1-2H3;2*1H. The molecule has 1 aromatic carbocycles. The van der Waals surface area contributed by atoms with Gasteiger partial charge in [-0.1, -0.05) is 5.16 Å². The second-order valence-corrected chi connectivity index (χ2v) is 11.1. The van der Waals surface area contributed by atoms with Gasteiger partial charge < -0.3 is 14.7 Å². The molecule has 37 heavy (non-hydrogen) atoms. The Morgan fingerprint density at radius 1 is 1.05 bits per heavy atom. The number of aromatic nitrogens is 1. The Balaban J connectivity index is 0.000000919. The summed E-state index contributed by atoms with van der Waals surface area (Å²) in [5, 5.41) is 17.4. The molecule has 0 atom stereocenters. The van der Waals surface area contributed by atoms with Crippen LogP contribution in [0.4, 0.5) is 5.69 Å². The van der Waals surface area contributed by atoms with E-state index < -0.39 is 0 Å². The molecule has 3 aromatic rings. The number of benzene rings is 1. The zero-order chi connectivity index (χ0) is 24.6. The summed E-state index contributed by atoms with van der Waals surface area (Å²) < 4.78 is 5.84. The van der Waals surface area contributed by atoms with Gasteiger partial charge in [-0.05, 0) is 109 Å². The van der Waals surface area contributed by atoms with E-state index in [1.807, 2.05) is 20.2 Å². The van der Waals surface area contributed by atoms with Gasteiger partial charge in [0.05, 0.1) is 5.69 Å². The molecular weight excluding hydrogens is 525 g/mol. The van der Waals surface area contributed by atoms with Crippen LogP contribution in [0.2, 0.25) is 0 Å². The number of fused-ring (bicyclic) bond motifs is 1. The van der Waals surface area contributed by atoms with E-state index in [1.54, 1.807) is 11.3 Å². The normalized spacial score (nSPS) is 16.3. The van der Waals surface area contributed by atoms with Gasteiger partial charge >= 0.3 is 0 Å². The number of rotatable bonds is 6. The van der Waals surface area contributed by atoms with Gasteiger partial charge in [0.25, 0.3) is 0 Å². The lowest BCUT2D eigenvalue weighted by Crippen LogP contribution is -2.33. The van der Waals surface area contributed by atoms with E-state index in [4.69, 9.17) is 9.78 Å². The molecule has 4 heterocycles.